The largest absolute Gasteiger partial charge is 0.496 e. The summed E-state index contributed by atoms with van der Waals surface area (Å²) in [5.41, 5.74) is 2.01. The van der Waals surface area contributed by atoms with Crippen molar-refractivity contribution >= 4 is 28.1 Å². The average Bonchev–Trinajstić information content (AvgIpc) is 2.67. The first-order chi connectivity index (χ1) is 8.61. The van der Waals surface area contributed by atoms with E-state index in [2.05, 4.69) is 17.2 Å². The Hall–Kier alpha value is -1.26. The lowest BCUT2D eigenvalue weighted by atomic mass is 10.2. The van der Waals surface area contributed by atoms with Crippen molar-refractivity contribution in [1.29, 1.82) is 0 Å². The smallest absolute Gasteiger partial charge is 0.183 e. The number of hydrogen-bond donors (Lipinski definition) is 1. The predicted molar refractivity (Wildman–Crippen MR) is 76.9 cm³/mol. The predicted octanol–water partition coefficient (Wildman–Crippen LogP) is 4.03. The molecule has 96 valence electrons. The van der Waals surface area contributed by atoms with Gasteiger partial charge in [-0.2, -0.15) is 0 Å². The minimum atomic E-state index is 0.606. The maximum absolute atomic E-state index is 6.17. The van der Waals surface area contributed by atoms with Gasteiger partial charge in [0.1, 0.15) is 5.75 Å². The molecule has 1 heterocycles. The van der Waals surface area contributed by atoms with Gasteiger partial charge in [0.25, 0.3) is 0 Å². The van der Waals surface area contributed by atoms with Crippen LogP contribution >= 0.6 is 22.9 Å². The van der Waals surface area contributed by atoms with Crippen LogP contribution in [-0.2, 0) is 6.54 Å². The number of thiazole rings is 1. The summed E-state index contributed by atoms with van der Waals surface area (Å²) < 4.78 is 5.30. The molecule has 0 bridgehead atoms. The summed E-state index contributed by atoms with van der Waals surface area (Å²) >= 11 is 7.82. The number of ether oxygens (including phenoxy) is 1. The Kier molecular flexibility index (Phi) is 4.09. The van der Waals surface area contributed by atoms with Crippen LogP contribution in [0.15, 0.2) is 18.2 Å². The van der Waals surface area contributed by atoms with Crippen molar-refractivity contribution in [3.63, 3.8) is 0 Å². The van der Waals surface area contributed by atoms with E-state index in [1.54, 1.807) is 18.4 Å². The second kappa shape index (κ2) is 5.59. The number of hydrogen-bond acceptors (Lipinski definition) is 4. The molecule has 1 aromatic heterocycles. The molecule has 0 aliphatic heterocycles. The molecule has 0 saturated carbocycles. The van der Waals surface area contributed by atoms with Gasteiger partial charge in [-0.3, -0.25) is 0 Å². The fourth-order valence-corrected chi connectivity index (χ4v) is 2.66. The van der Waals surface area contributed by atoms with Gasteiger partial charge >= 0.3 is 0 Å². The Morgan fingerprint density at radius 1 is 1.39 bits per heavy atom. The number of anilines is 1. The van der Waals surface area contributed by atoms with Crippen LogP contribution in [-0.4, -0.2) is 12.1 Å². The standard InChI is InChI=1S/C13H15ClN2OS/c1-8-9(2)18-13(16-8)15-7-10-11(14)5-4-6-12(10)17-3/h4-6H,7H2,1-3H3,(H,15,16). The maximum Gasteiger partial charge on any atom is 0.183 e. The molecule has 2 rings (SSSR count). The van der Waals surface area contributed by atoms with Gasteiger partial charge in [0.2, 0.25) is 0 Å². The van der Waals surface area contributed by atoms with Gasteiger partial charge in [-0.05, 0) is 26.0 Å². The van der Waals surface area contributed by atoms with Crippen LogP contribution < -0.4 is 10.1 Å². The highest BCUT2D eigenvalue weighted by Gasteiger charge is 2.09. The zero-order valence-corrected chi connectivity index (χ0v) is 12.2. The van der Waals surface area contributed by atoms with Crippen LogP contribution in [0.5, 0.6) is 5.75 Å². The molecule has 0 aliphatic carbocycles. The highest BCUT2D eigenvalue weighted by Crippen LogP contribution is 2.28. The zero-order valence-electron chi connectivity index (χ0n) is 10.6. The van der Waals surface area contributed by atoms with E-state index in [0.29, 0.717) is 11.6 Å². The second-order valence-corrected chi connectivity index (χ2v) is 5.55. The van der Waals surface area contributed by atoms with E-state index in [-0.39, 0.29) is 0 Å². The quantitative estimate of drug-likeness (QED) is 0.919. The zero-order chi connectivity index (χ0) is 13.1. The van der Waals surface area contributed by atoms with Crippen LogP contribution in [0.1, 0.15) is 16.1 Å². The van der Waals surface area contributed by atoms with Crippen LogP contribution in [0.4, 0.5) is 5.13 Å². The first-order valence-electron chi connectivity index (χ1n) is 5.61. The second-order valence-electron chi connectivity index (χ2n) is 3.93. The van der Waals surface area contributed by atoms with Crippen LogP contribution in [0.2, 0.25) is 5.02 Å². The Morgan fingerprint density at radius 2 is 2.17 bits per heavy atom. The molecule has 0 radical (unpaired) electrons. The lowest BCUT2D eigenvalue weighted by molar-refractivity contribution is 0.410. The number of rotatable bonds is 4. The van der Waals surface area contributed by atoms with E-state index < -0.39 is 0 Å². The molecule has 0 atom stereocenters. The Bertz CT molecular complexity index is 534. The maximum atomic E-state index is 6.17. The first kappa shape index (κ1) is 13.2. The number of nitrogens with zero attached hydrogens (tertiary/aromatic N) is 1. The molecule has 1 N–H and O–H groups in total. The van der Waals surface area contributed by atoms with Crippen LogP contribution in [0.25, 0.3) is 0 Å². The summed E-state index contributed by atoms with van der Waals surface area (Å²) in [7, 11) is 1.65. The highest BCUT2D eigenvalue weighted by atomic mass is 35.5. The molecule has 0 amide bonds. The number of aromatic nitrogens is 1. The van der Waals surface area contributed by atoms with Crippen molar-refractivity contribution in [3.05, 3.63) is 39.4 Å². The van der Waals surface area contributed by atoms with E-state index >= 15 is 0 Å². The first-order valence-corrected chi connectivity index (χ1v) is 6.80. The molecule has 18 heavy (non-hydrogen) atoms. The Balaban J connectivity index is 2.15. The van der Waals surface area contributed by atoms with Crippen molar-refractivity contribution in [1.82, 2.24) is 4.98 Å². The van der Waals surface area contributed by atoms with E-state index in [4.69, 9.17) is 16.3 Å². The SMILES string of the molecule is COc1cccc(Cl)c1CNc1nc(C)c(C)s1. The van der Waals surface area contributed by atoms with Gasteiger partial charge in [-0.1, -0.05) is 17.7 Å². The molecular weight excluding hydrogens is 268 g/mol. The molecule has 5 heteroatoms. The van der Waals surface area contributed by atoms with Crippen molar-refractivity contribution in [2.75, 3.05) is 12.4 Å². The Morgan fingerprint density at radius 3 is 2.78 bits per heavy atom. The number of benzene rings is 1. The van der Waals surface area contributed by atoms with Crippen molar-refractivity contribution in [2.24, 2.45) is 0 Å². The summed E-state index contributed by atoms with van der Waals surface area (Å²) in [6.45, 7) is 4.68. The number of halogens is 1. The van der Waals surface area contributed by atoms with Crippen molar-refractivity contribution < 1.29 is 4.74 Å². The van der Waals surface area contributed by atoms with Gasteiger partial charge in [-0.15, -0.1) is 11.3 Å². The van der Waals surface area contributed by atoms with E-state index in [9.17, 15) is 0 Å². The molecule has 0 spiro atoms. The topological polar surface area (TPSA) is 34.1 Å². The fourth-order valence-electron chi connectivity index (χ4n) is 1.61. The molecule has 0 aliphatic rings. The lowest BCUT2D eigenvalue weighted by Gasteiger charge is -2.10. The van der Waals surface area contributed by atoms with E-state index in [1.807, 2.05) is 25.1 Å². The van der Waals surface area contributed by atoms with Crippen LogP contribution in [0, 0.1) is 13.8 Å². The minimum absolute atomic E-state index is 0.606. The molecule has 0 fully saturated rings. The third kappa shape index (κ3) is 2.76. The monoisotopic (exact) mass is 282 g/mol. The summed E-state index contributed by atoms with van der Waals surface area (Å²) in [4.78, 5) is 5.66. The molecular formula is C13H15ClN2OS. The van der Waals surface area contributed by atoms with Gasteiger partial charge in [0.15, 0.2) is 5.13 Å². The van der Waals surface area contributed by atoms with Gasteiger partial charge in [0.05, 0.1) is 12.8 Å². The molecule has 1 aromatic carbocycles. The van der Waals surface area contributed by atoms with E-state index in [1.165, 1.54) is 4.88 Å². The number of methoxy groups -OCH3 is 1. The van der Waals surface area contributed by atoms with Gasteiger partial charge in [-0.25, -0.2) is 4.98 Å². The molecule has 3 nitrogen and oxygen atoms in total. The van der Waals surface area contributed by atoms with Crippen molar-refractivity contribution in [3.8, 4) is 5.75 Å². The highest BCUT2D eigenvalue weighted by molar-refractivity contribution is 7.15. The normalized spacial score (nSPS) is 10.4. The number of aryl methyl sites for hydroxylation is 2. The third-order valence-electron chi connectivity index (χ3n) is 2.74. The van der Waals surface area contributed by atoms with Crippen LogP contribution in [0.3, 0.4) is 0 Å². The third-order valence-corrected chi connectivity index (χ3v) is 4.13. The average molecular weight is 283 g/mol. The van der Waals surface area contributed by atoms with Gasteiger partial charge < -0.3 is 10.1 Å². The summed E-state index contributed by atoms with van der Waals surface area (Å²) in [5, 5.41) is 4.89. The van der Waals surface area contributed by atoms with E-state index in [0.717, 1.165) is 22.1 Å². The molecule has 0 saturated heterocycles. The summed E-state index contributed by atoms with van der Waals surface area (Å²) in [6.07, 6.45) is 0. The van der Waals surface area contributed by atoms with Gasteiger partial charge in [0, 0.05) is 22.0 Å². The lowest BCUT2D eigenvalue weighted by Crippen LogP contribution is -2.02. The minimum Gasteiger partial charge on any atom is -0.496 e. The number of nitrogens with one attached hydrogen (secondary N) is 1. The molecule has 0 unspecified atom stereocenters. The summed E-state index contributed by atoms with van der Waals surface area (Å²) in [6, 6.07) is 5.64. The Labute approximate surface area is 116 Å². The molecule has 2 aromatic rings. The fraction of sp³-hybridized carbons (Fsp3) is 0.308. The van der Waals surface area contributed by atoms with Crippen molar-refractivity contribution in [2.45, 2.75) is 20.4 Å². The summed E-state index contributed by atoms with van der Waals surface area (Å²) in [5.74, 6) is 0.792.